The van der Waals surface area contributed by atoms with Gasteiger partial charge in [0.1, 0.15) is 6.07 Å². The molecule has 1 amide bonds. The highest BCUT2D eigenvalue weighted by molar-refractivity contribution is 9.10. The number of carbonyl (C=O) groups excluding carboxylic acids is 1. The summed E-state index contributed by atoms with van der Waals surface area (Å²) in [4.78, 5) is 14.4. The molecule has 0 radical (unpaired) electrons. The van der Waals surface area contributed by atoms with Crippen molar-refractivity contribution < 1.29 is 4.79 Å². The molecule has 0 spiro atoms. The second-order valence-corrected chi connectivity index (χ2v) is 6.84. The van der Waals surface area contributed by atoms with Crippen molar-refractivity contribution in [3.05, 3.63) is 63.1 Å². The van der Waals surface area contributed by atoms with Crippen LogP contribution in [-0.2, 0) is 11.3 Å². The Bertz CT molecular complexity index is 771. The lowest BCUT2D eigenvalue weighted by Gasteiger charge is -2.24. The third-order valence-electron chi connectivity index (χ3n) is 3.74. The number of nitrogens with zero attached hydrogens (tertiary/aromatic N) is 2. The van der Waals surface area contributed by atoms with Crippen molar-refractivity contribution in [1.29, 1.82) is 5.26 Å². The maximum absolute atomic E-state index is 12.4. The molecule has 0 heterocycles. The molecule has 0 bridgehead atoms. The minimum absolute atomic E-state index is 0.129. The highest BCUT2D eigenvalue weighted by atomic mass is 79.9. The summed E-state index contributed by atoms with van der Waals surface area (Å²) in [5.74, 6) is -0.129. The van der Waals surface area contributed by atoms with Crippen molar-refractivity contribution in [2.75, 3.05) is 12.4 Å². The van der Waals surface area contributed by atoms with Crippen LogP contribution in [0.15, 0.2) is 46.9 Å². The third kappa shape index (κ3) is 4.81. The predicted molar refractivity (Wildman–Crippen MR) is 99.9 cm³/mol. The topological polar surface area (TPSA) is 56.1 Å². The quantitative estimate of drug-likeness (QED) is 0.799. The molecular formula is C18H17BrClN3O. The molecule has 6 heteroatoms. The van der Waals surface area contributed by atoms with E-state index < -0.39 is 0 Å². The largest absolute Gasteiger partial charge is 0.325 e. The van der Waals surface area contributed by atoms with E-state index in [9.17, 15) is 4.79 Å². The van der Waals surface area contributed by atoms with Gasteiger partial charge in [0, 0.05) is 16.7 Å². The first kappa shape index (κ1) is 18.5. The zero-order chi connectivity index (χ0) is 17.7. The van der Waals surface area contributed by atoms with Gasteiger partial charge in [-0.2, -0.15) is 5.26 Å². The van der Waals surface area contributed by atoms with Crippen LogP contribution in [0.4, 0.5) is 5.69 Å². The van der Waals surface area contributed by atoms with Crippen LogP contribution in [-0.4, -0.2) is 23.9 Å². The molecular weight excluding hydrogens is 390 g/mol. The Kier molecular flexibility index (Phi) is 6.38. The van der Waals surface area contributed by atoms with Crippen LogP contribution in [0, 0.1) is 11.3 Å². The number of nitrogens with one attached hydrogen (secondary N) is 1. The van der Waals surface area contributed by atoms with Crippen molar-refractivity contribution in [3.8, 4) is 6.07 Å². The summed E-state index contributed by atoms with van der Waals surface area (Å²) in [7, 11) is 1.90. The van der Waals surface area contributed by atoms with Gasteiger partial charge in [0.2, 0.25) is 5.91 Å². The average Bonchev–Trinajstić information content (AvgIpc) is 2.56. The van der Waals surface area contributed by atoms with Gasteiger partial charge in [-0.05, 0) is 49.9 Å². The molecule has 0 aliphatic heterocycles. The number of halogens is 2. The summed E-state index contributed by atoms with van der Waals surface area (Å²) >= 11 is 9.40. The molecule has 4 nitrogen and oxygen atoms in total. The van der Waals surface area contributed by atoms with Crippen LogP contribution in [0.2, 0.25) is 5.02 Å². The highest BCUT2D eigenvalue weighted by Crippen LogP contribution is 2.20. The average molecular weight is 407 g/mol. The van der Waals surface area contributed by atoms with E-state index in [-0.39, 0.29) is 11.9 Å². The summed E-state index contributed by atoms with van der Waals surface area (Å²) in [6.45, 7) is 2.51. The Morgan fingerprint density at radius 1 is 1.33 bits per heavy atom. The molecule has 0 saturated heterocycles. The fourth-order valence-electron chi connectivity index (χ4n) is 2.15. The molecule has 1 atom stereocenters. The molecule has 0 aromatic heterocycles. The van der Waals surface area contributed by atoms with E-state index >= 15 is 0 Å². The number of amides is 1. The molecule has 0 aliphatic carbocycles. The first-order chi connectivity index (χ1) is 11.4. The Balaban J connectivity index is 1.99. The maximum Gasteiger partial charge on any atom is 0.241 e. The van der Waals surface area contributed by atoms with E-state index in [2.05, 4.69) is 21.2 Å². The van der Waals surface area contributed by atoms with Gasteiger partial charge in [0.05, 0.1) is 16.6 Å². The van der Waals surface area contributed by atoms with Gasteiger partial charge in [-0.15, -0.1) is 0 Å². The van der Waals surface area contributed by atoms with Crippen molar-refractivity contribution in [3.63, 3.8) is 0 Å². The van der Waals surface area contributed by atoms with Crippen LogP contribution in [0.5, 0.6) is 0 Å². The zero-order valence-corrected chi connectivity index (χ0v) is 15.7. The molecule has 0 fully saturated rings. The number of rotatable bonds is 5. The third-order valence-corrected chi connectivity index (χ3v) is 4.58. The molecule has 124 valence electrons. The maximum atomic E-state index is 12.4. The Morgan fingerprint density at radius 3 is 2.58 bits per heavy atom. The van der Waals surface area contributed by atoms with Crippen LogP contribution >= 0.6 is 27.5 Å². The van der Waals surface area contributed by atoms with Crippen LogP contribution < -0.4 is 5.32 Å². The molecule has 2 rings (SSSR count). The minimum atomic E-state index is -0.317. The van der Waals surface area contributed by atoms with Gasteiger partial charge in [0.25, 0.3) is 0 Å². The molecule has 24 heavy (non-hydrogen) atoms. The Hall–Kier alpha value is -1.87. The lowest BCUT2D eigenvalue weighted by molar-refractivity contribution is -0.120. The second-order valence-electron chi connectivity index (χ2n) is 5.51. The first-order valence-electron chi connectivity index (χ1n) is 7.36. The molecule has 1 unspecified atom stereocenters. The summed E-state index contributed by atoms with van der Waals surface area (Å²) in [6.07, 6.45) is 0. The fourth-order valence-corrected chi connectivity index (χ4v) is 2.63. The SMILES string of the molecule is CC(C(=O)Nc1ccc(C#N)c(Cl)c1)N(C)Cc1ccc(Br)cc1. The van der Waals surface area contributed by atoms with Gasteiger partial charge in [0.15, 0.2) is 0 Å². The van der Waals surface area contributed by atoms with Gasteiger partial charge < -0.3 is 5.32 Å². The minimum Gasteiger partial charge on any atom is -0.325 e. The monoisotopic (exact) mass is 405 g/mol. The van der Waals surface area contributed by atoms with Crippen LogP contribution in [0.25, 0.3) is 0 Å². The molecule has 0 aliphatic rings. The van der Waals surface area contributed by atoms with E-state index in [1.54, 1.807) is 18.2 Å². The Labute approximate surface area is 155 Å². The van der Waals surface area contributed by atoms with Crippen molar-refractivity contribution in [2.24, 2.45) is 0 Å². The van der Waals surface area contributed by atoms with E-state index in [1.807, 2.05) is 49.2 Å². The van der Waals surface area contributed by atoms with Gasteiger partial charge in [-0.25, -0.2) is 0 Å². The van der Waals surface area contributed by atoms with E-state index in [0.29, 0.717) is 22.8 Å². The predicted octanol–water partition coefficient (Wildman–Crippen LogP) is 4.43. The van der Waals surface area contributed by atoms with Gasteiger partial charge >= 0.3 is 0 Å². The first-order valence-corrected chi connectivity index (χ1v) is 8.53. The number of carbonyl (C=O) groups is 1. The van der Waals surface area contributed by atoms with Crippen molar-refractivity contribution in [2.45, 2.75) is 19.5 Å². The number of hydrogen-bond acceptors (Lipinski definition) is 3. The fraction of sp³-hybridized carbons (Fsp3) is 0.222. The standard InChI is InChI=1S/C18H17BrClN3O/c1-12(23(2)11-13-3-6-15(19)7-4-13)18(24)22-16-8-5-14(10-21)17(20)9-16/h3-9,12H,11H2,1-2H3,(H,22,24). The molecule has 0 saturated carbocycles. The summed E-state index contributed by atoms with van der Waals surface area (Å²) in [5.41, 5.74) is 2.09. The summed E-state index contributed by atoms with van der Waals surface area (Å²) in [6, 6.07) is 14.5. The lowest BCUT2D eigenvalue weighted by Crippen LogP contribution is -2.39. The van der Waals surface area contributed by atoms with E-state index in [0.717, 1.165) is 10.0 Å². The van der Waals surface area contributed by atoms with Gasteiger partial charge in [-0.3, -0.25) is 9.69 Å². The molecule has 2 aromatic rings. The number of benzene rings is 2. The normalized spacial score (nSPS) is 11.8. The summed E-state index contributed by atoms with van der Waals surface area (Å²) in [5, 5.41) is 12.0. The lowest BCUT2D eigenvalue weighted by atomic mass is 10.1. The number of nitriles is 1. The van der Waals surface area contributed by atoms with Crippen LogP contribution in [0.3, 0.4) is 0 Å². The molecule has 1 N–H and O–H groups in total. The van der Waals surface area contributed by atoms with Crippen molar-refractivity contribution >= 4 is 39.1 Å². The van der Waals surface area contributed by atoms with Crippen LogP contribution in [0.1, 0.15) is 18.1 Å². The summed E-state index contributed by atoms with van der Waals surface area (Å²) < 4.78 is 1.03. The number of likely N-dealkylation sites (N-methyl/N-ethyl adjacent to an activating group) is 1. The van der Waals surface area contributed by atoms with E-state index in [1.165, 1.54) is 0 Å². The zero-order valence-electron chi connectivity index (χ0n) is 13.4. The second kappa shape index (κ2) is 8.29. The smallest absolute Gasteiger partial charge is 0.241 e. The van der Waals surface area contributed by atoms with E-state index in [4.69, 9.17) is 16.9 Å². The Morgan fingerprint density at radius 2 is 2.00 bits per heavy atom. The highest BCUT2D eigenvalue weighted by Gasteiger charge is 2.18. The van der Waals surface area contributed by atoms with Crippen molar-refractivity contribution in [1.82, 2.24) is 4.90 Å². The van der Waals surface area contributed by atoms with Gasteiger partial charge in [-0.1, -0.05) is 39.7 Å². The molecule has 2 aromatic carbocycles. The number of anilines is 1. The number of hydrogen-bond donors (Lipinski definition) is 1.